The minimum atomic E-state index is -1.93. The van der Waals surface area contributed by atoms with Crippen LogP contribution in [-0.2, 0) is 62.6 Å². The van der Waals surface area contributed by atoms with E-state index in [0.717, 1.165) is 56.7 Å². The van der Waals surface area contributed by atoms with Gasteiger partial charge in [0.2, 0.25) is 11.8 Å². The number of carbonyl (C=O) groups excluding carboxylic acids is 8. The van der Waals surface area contributed by atoms with E-state index in [2.05, 4.69) is 46.9 Å². The Kier molecular flexibility index (Phi) is 21.3. The standard InChI is InChI=1S/C68H68N14O20S5/c1-26(55(87)69-17-30-12-13-41(84)42(85)14-30)70-56(88)36-23-106-64(75-36)49-43(86)15-32-48(77-49)35-21-104-62(72-35)34-20-100-66(93)51-33-19-98-52(53(102-44-16-68(5,95)54(81(6)7)29(4)101-44)67(94)99-18-31-10-9-11-40(45(31)33)82(51)96)50(65-76-37(24-107-65)57(89)71-34)80-59(91)39-25-105-63(74-39)47(28(3)97-8)79-60(92)46(27(2)83)78-58(90)38-22-103-61(32)73-38/h9-15,21-27,29,34,44,46,50,52-54,83-86,95-96H,16-20H2,1-8H3,(H,69,87)(H,70,88)(H,71,89)(H,78,90)(H,79,92)(H,80,91)/b47-28+/t26-,27+,29-,34-,44-,46-,50-,52-,53-,54+,68-/m0/s1. The van der Waals surface area contributed by atoms with E-state index in [4.69, 9.17) is 43.4 Å². The first-order valence-electron chi connectivity index (χ1n) is 32.8. The zero-order valence-electron chi connectivity index (χ0n) is 57.8. The largest absolute Gasteiger partial charge is 0.506 e. The summed E-state index contributed by atoms with van der Waals surface area (Å²) in [5.41, 5.74) is -2.49. The van der Waals surface area contributed by atoms with E-state index in [9.17, 15) is 49.9 Å². The molecular formula is C68H68N14O20S5. The number of thiazole rings is 5. The molecule has 0 spiro atoms. The molecule has 0 saturated carbocycles. The number of cyclic esters (lactones) is 2. The van der Waals surface area contributed by atoms with Gasteiger partial charge in [-0.25, -0.2) is 39.5 Å². The third-order valence-electron chi connectivity index (χ3n) is 18.0. The van der Waals surface area contributed by atoms with Crippen LogP contribution in [0.25, 0.3) is 49.3 Å². The average molecular weight is 1560 g/mol. The number of hydrogen-bond acceptors (Lipinski definition) is 32. The molecular weight excluding hydrogens is 1490 g/mol. The number of esters is 2. The van der Waals surface area contributed by atoms with Gasteiger partial charge in [-0.3, -0.25) is 28.8 Å². The second-order valence-electron chi connectivity index (χ2n) is 25.8. The van der Waals surface area contributed by atoms with Gasteiger partial charge in [0, 0.05) is 56.4 Å². The summed E-state index contributed by atoms with van der Waals surface area (Å²) in [6.45, 7) is 5.56. The average Bonchev–Trinajstić information content (AvgIpc) is 1.65. The first-order chi connectivity index (χ1) is 51.0. The van der Waals surface area contributed by atoms with E-state index in [0.29, 0.717) is 15.9 Å². The molecule has 1 saturated heterocycles. The molecule has 11 atom stereocenters. The minimum absolute atomic E-state index is 0.00189. The van der Waals surface area contributed by atoms with E-state index in [1.54, 1.807) is 45.0 Å². The fraction of sp³-hybridized carbons (Fsp3) is 0.353. The normalized spacial score (nSPS) is 23.3. The number of allylic oxidation sites excluding steroid dienone is 1. The van der Waals surface area contributed by atoms with Crippen molar-refractivity contribution in [3.8, 4) is 49.9 Å². The monoisotopic (exact) mass is 1560 g/mol. The lowest BCUT2D eigenvalue weighted by Crippen LogP contribution is -2.62. The Labute approximate surface area is 626 Å². The van der Waals surface area contributed by atoms with Crippen LogP contribution in [0.4, 0.5) is 0 Å². The summed E-state index contributed by atoms with van der Waals surface area (Å²) in [4.78, 5) is 146. The number of aliphatic hydroxyl groups is 2. The number of aliphatic hydroxyl groups excluding tert-OH is 1. The molecule has 13 rings (SSSR count). The SMILES string of the molecule is CO/C(C)=C1/NC(=O)[C@H]([C@@H](C)O)NC(=O)c2csc(n2)-c2cc(O)c(-c3nc(C(=O)N[C@@H](C)C(=O)NCc4ccc(O)c(O)c4)cs3)nc2-c2csc(n2)[C@@H]2COC(=O)c3c4c5c(cccc5n3O)COC(=O)[C@@H](O[C@H]3C[C@](C)(O)[C@H](N(C)C)[C@H](C)O3)[C@@H](OC4)[C@H](NC(=O)c3csc1n3)c1nc(cs1)C(=O)N2. The predicted octanol–water partition coefficient (Wildman–Crippen LogP) is 5.01. The van der Waals surface area contributed by atoms with Crippen LogP contribution in [0.1, 0.15) is 137 Å². The van der Waals surface area contributed by atoms with E-state index in [1.165, 1.54) is 85.1 Å². The molecule has 4 aliphatic rings. The van der Waals surface area contributed by atoms with Crippen molar-refractivity contribution in [3.05, 3.63) is 135 Å². The fourth-order valence-electron chi connectivity index (χ4n) is 12.8. The lowest BCUT2D eigenvalue weighted by Gasteiger charge is -2.48. The van der Waals surface area contributed by atoms with Gasteiger partial charge in [0.1, 0.15) is 126 Å². The van der Waals surface area contributed by atoms with Crippen LogP contribution in [0, 0.1) is 0 Å². The van der Waals surface area contributed by atoms with Crippen molar-refractivity contribution in [1.29, 1.82) is 0 Å². The van der Waals surface area contributed by atoms with Gasteiger partial charge in [0.05, 0.1) is 43.1 Å². The van der Waals surface area contributed by atoms with Crippen LogP contribution in [0.15, 0.2) is 75.1 Å². The Bertz CT molecular complexity index is 5060. The van der Waals surface area contributed by atoms with Crippen LogP contribution in [-0.4, -0.2) is 200 Å². The Morgan fingerprint density at radius 3 is 2.20 bits per heavy atom. The summed E-state index contributed by atoms with van der Waals surface area (Å²) >= 11 is 4.45. The number of nitrogens with one attached hydrogen (secondary N) is 6. The van der Waals surface area contributed by atoms with Crippen molar-refractivity contribution in [1.82, 2.24) is 71.4 Å². The summed E-state index contributed by atoms with van der Waals surface area (Å²) < 4.78 is 38.3. The number of hydrogen-bond donors (Lipinski definition) is 12. The van der Waals surface area contributed by atoms with Crippen molar-refractivity contribution in [3.63, 3.8) is 0 Å². The number of benzene rings is 2. The molecule has 39 heteroatoms. The highest BCUT2D eigenvalue weighted by atomic mass is 32.1. The molecule has 560 valence electrons. The number of likely N-dealkylation sites (N-methyl/N-ethyl adjacent to an activating group) is 1. The Balaban J connectivity index is 0.938. The second kappa shape index (κ2) is 30.4. The van der Waals surface area contributed by atoms with Crippen molar-refractivity contribution in [2.45, 2.75) is 127 Å². The maximum absolute atomic E-state index is 15.2. The number of carbonyl (C=O) groups is 8. The van der Waals surface area contributed by atoms with Gasteiger partial charge in [-0.1, -0.05) is 18.2 Å². The number of ether oxygens (including phenoxy) is 6. The number of fused-ring (bicyclic) bond motifs is 15. The predicted molar refractivity (Wildman–Crippen MR) is 383 cm³/mol. The Morgan fingerprint density at radius 2 is 1.47 bits per heavy atom. The molecule has 0 aliphatic carbocycles. The summed E-state index contributed by atoms with van der Waals surface area (Å²) in [6.07, 6.45) is -7.62. The first kappa shape index (κ1) is 74.8. The molecule has 0 radical (unpaired) electrons. The number of amides is 6. The second-order valence-corrected chi connectivity index (χ2v) is 30.1. The van der Waals surface area contributed by atoms with Gasteiger partial charge < -0.3 is 96.0 Å². The summed E-state index contributed by atoms with van der Waals surface area (Å²) in [7, 11) is 4.83. The number of pyridine rings is 1. The number of aromatic hydroxyl groups is 3. The third kappa shape index (κ3) is 15.2. The van der Waals surface area contributed by atoms with E-state index < -0.39 is 151 Å². The van der Waals surface area contributed by atoms with Gasteiger partial charge in [0.25, 0.3) is 23.6 Å². The van der Waals surface area contributed by atoms with Gasteiger partial charge >= 0.3 is 11.9 Å². The fourth-order valence-corrected chi connectivity index (χ4v) is 17.0. The number of phenols is 2. The van der Waals surface area contributed by atoms with Crippen molar-refractivity contribution < 1.29 is 97.5 Å². The maximum Gasteiger partial charge on any atom is 0.358 e. The highest BCUT2D eigenvalue weighted by Crippen LogP contribution is 2.43. The molecule has 12 bridgehead atoms. The lowest BCUT2D eigenvalue weighted by atomic mass is 9.85. The zero-order valence-corrected chi connectivity index (χ0v) is 61.8. The van der Waals surface area contributed by atoms with Crippen LogP contribution in [0.2, 0.25) is 0 Å². The molecule has 7 aromatic heterocycles. The summed E-state index contributed by atoms with van der Waals surface area (Å²) in [6, 6.07) is 3.47. The minimum Gasteiger partial charge on any atom is -0.506 e. The number of methoxy groups -OCH3 is 1. The molecule has 2 aromatic carbocycles. The molecule has 1 fully saturated rings. The maximum atomic E-state index is 15.2. The van der Waals surface area contributed by atoms with Crippen molar-refractivity contribution >= 4 is 121 Å². The van der Waals surface area contributed by atoms with E-state index in [-0.39, 0.29) is 117 Å². The highest BCUT2D eigenvalue weighted by molar-refractivity contribution is 7.14. The van der Waals surface area contributed by atoms with Crippen LogP contribution >= 0.6 is 56.7 Å². The van der Waals surface area contributed by atoms with E-state index in [1.807, 2.05) is 0 Å². The molecule has 4 aliphatic heterocycles. The molecule has 107 heavy (non-hydrogen) atoms. The molecule has 6 amide bonds. The lowest BCUT2D eigenvalue weighted by molar-refractivity contribution is -0.280. The summed E-state index contributed by atoms with van der Waals surface area (Å²) in [5, 5.41) is 90.3. The third-order valence-corrected chi connectivity index (χ3v) is 22.5. The van der Waals surface area contributed by atoms with Gasteiger partial charge in [-0.2, -0.15) is 4.73 Å². The van der Waals surface area contributed by atoms with Gasteiger partial charge in [-0.15, -0.1) is 56.7 Å². The zero-order chi connectivity index (χ0) is 76.2. The van der Waals surface area contributed by atoms with Gasteiger partial charge in [0.15, 0.2) is 29.6 Å². The number of aromatic nitrogens is 7. The number of phenolic OH excluding ortho intramolecular Hbond substituents is 2. The number of rotatable bonds is 11. The Hall–Kier alpha value is -10.5. The summed E-state index contributed by atoms with van der Waals surface area (Å²) in [5.74, 6) is -8.62. The molecule has 34 nitrogen and oxygen atoms in total. The van der Waals surface area contributed by atoms with E-state index >= 15 is 19.2 Å². The van der Waals surface area contributed by atoms with Crippen LogP contribution in [0.3, 0.4) is 0 Å². The van der Waals surface area contributed by atoms with Crippen molar-refractivity contribution in [2.75, 3.05) is 27.8 Å². The molecule has 0 unspecified atom stereocenters. The quantitative estimate of drug-likeness (QED) is 0.0350. The first-order valence-corrected chi connectivity index (χ1v) is 37.2. The topological polar surface area (TPSA) is 471 Å². The van der Waals surface area contributed by atoms with Crippen LogP contribution < -0.4 is 31.9 Å². The van der Waals surface area contributed by atoms with Gasteiger partial charge in [-0.05, 0) is 84.1 Å². The molecule has 11 heterocycles. The highest BCUT2D eigenvalue weighted by Gasteiger charge is 2.50. The van der Waals surface area contributed by atoms with Crippen LogP contribution in [0.5, 0.6) is 17.2 Å². The van der Waals surface area contributed by atoms with Crippen molar-refractivity contribution in [2.24, 2.45) is 0 Å². The number of nitrogens with zero attached hydrogens (tertiary/aromatic N) is 8. The Morgan fingerprint density at radius 1 is 0.785 bits per heavy atom. The molecule has 9 aromatic rings. The molecule has 12 N–H and O–H groups in total. The smallest absolute Gasteiger partial charge is 0.358 e.